The second kappa shape index (κ2) is 17.3. The maximum absolute atomic E-state index is 14.3. The Morgan fingerprint density at radius 3 is 1.92 bits per heavy atom. The summed E-state index contributed by atoms with van der Waals surface area (Å²) in [6.45, 7) is 15.4. The largest absolute Gasteiger partial charge is 0.463 e. The third-order valence-electron chi connectivity index (χ3n) is 15.9. The number of fused-ring (bicyclic) bond motifs is 7. The minimum Gasteiger partial charge on any atom is -0.463 e. The molecule has 0 amide bonds. The van der Waals surface area contributed by atoms with E-state index in [1.807, 2.05) is 13.8 Å². The molecule has 0 aromatic carbocycles. The number of Topliss-reactive ketones (excluding diaryl/α,β-unsaturated/α-hetero) is 1. The van der Waals surface area contributed by atoms with Crippen molar-refractivity contribution in [3.63, 3.8) is 0 Å². The number of carbonyl (C=O) groups excluding carboxylic acids is 7. The normalized spacial score (nSPS) is 46.3. The first kappa shape index (κ1) is 47.3. The minimum atomic E-state index is -1.76. The highest BCUT2D eigenvalue weighted by molar-refractivity contribution is 5.90. The lowest BCUT2D eigenvalue weighted by Crippen LogP contribution is -2.70. The molecule has 0 unspecified atom stereocenters. The maximum atomic E-state index is 14.3. The Hall–Kier alpha value is -3.71. The van der Waals surface area contributed by atoms with Crippen molar-refractivity contribution in [1.29, 1.82) is 0 Å². The van der Waals surface area contributed by atoms with Crippen LogP contribution in [0.4, 0.5) is 0 Å². The molecule has 0 aromatic heterocycles. The molecule has 19 atom stereocenters. The summed E-state index contributed by atoms with van der Waals surface area (Å²) in [4.78, 5) is 87.7. The Bertz CT molecular complexity index is 1850. The predicted octanol–water partition coefficient (Wildman–Crippen LogP) is 3.28. The summed E-state index contributed by atoms with van der Waals surface area (Å²) >= 11 is 0. The SMILES string of the molecule is CC(=O)OC[C@H]1O[C@@H](O[C@H]2C[C@@]3(OC[C@@H]2C)O[C@H]2C[C@H]4[C@@H]5CC(=O)[C@]6(O)C[C@@H](OC(C)=O)[C@H](OC(C)=O)C[C@]6(C)[C@H]5CC[C@]4(C)[C@H]2[C@@H]3C)[C@H](OC(C)=O)[C@@H](OC(C)=O)[C@@H]1OC(C)=O. The lowest BCUT2D eigenvalue weighted by Gasteiger charge is -2.63. The Kier molecular flexibility index (Phi) is 12.9. The third kappa shape index (κ3) is 8.40. The lowest BCUT2D eigenvalue weighted by atomic mass is 9.42. The van der Waals surface area contributed by atoms with Crippen LogP contribution in [0, 0.1) is 46.3 Å². The molecule has 1 spiro atoms. The zero-order valence-electron chi connectivity index (χ0n) is 37.9. The molecule has 1 N–H and O–H groups in total. The number of rotatable bonds is 9. The molecule has 4 saturated carbocycles. The van der Waals surface area contributed by atoms with Gasteiger partial charge in [-0.2, -0.15) is 0 Å². The van der Waals surface area contributed by atoms with Crippen LogP contribution < -0.4 is 0 Å². The van der Waals surface area contributed by atoms with Crippen LogP contribution in [-0.4, -0.2) is 126 Å². The first-order chi connectivity index (χ1) is 29.4. The van der Waals surface area contributed by atoms with Crippen LogP contribution >= 0.6 is 0 Å². The molecule has 7 rings (SSSR count). The fraction of sp³-hybridized carbons (Fsp3) is 0.844. The summed E-state index contributed by atoms with van der Waals surface area (Å²) in [6, 6.07) is 0. The highest BCUT2D eigenvalue weighted by Gasteiger charge is 2.73. The smallest absolute Gasteiger partial charge is 0.303 e. The summed E-state index contributed by atoms with van der Waals surface area (Å²) in [5.41, 5.74) is -2.98. The van der Waals surface area contributed by atoms with Crippen LogP contribution in [0.2, 0.25) is 0 Å². The molecular weight excluding hydrogens is 828 g/mol. The molecular formula is C45H64O18. The monoisotopic (exact) mass is 892 g/mol. The number of hydrogen-bond donors (Lipinski definition) is 1. The molecule has 3 heterocycles. The van der Waals surface area contributed by atoms with Crippen LogP contribution in [0.3, 0.4) is 0 Å². The van der Waals surface area contributed by atoms with Crippen LogP contribution in [0.5, 0.6) is 0 Å². The second-order valence-electron chi connectivity index (χ2n) is 19.8. The first-order valence-electron chi connectivity index (χ1n) is 22.3. The van der Waals surface area contributed by atoms with Crippen LogP contribution in [0.15, 0.2) is 0 Å². The van der Waals surface area contributed by atoms with Gasteiger partial charge in [0.15, 0.2) is 36.2 Å². The Balaban J connectivity index is 1.12. The van der Waals surface area contributed by atoms with Crippen molar-refractivity contribution in [3.8, 4) is 0 Å². The van der Waals surface area contributed by atoms with Gasteiger partial charge in [0.05, 0.1) is 18.8 Å². The molecule has 7 aliphatic rings. The van der Waals surface area contributed by atoms with Gasteiger partial charge in [-0.05, 0) is 54.8 Å². The number of esters is 6. The number of ketones is 1. The summed E-state index contributed by atoms with van der Waals surface area (Å²) in [6.07, 6.45) is -6.61. The number of ether oxygens (including phenoxy) is 10. The molecule has 3 saturated heterocycles. The van der Waals surface area contributed by atoms with Crippen LogP contribution in [0.1, 0.15) is 114 Å². The standard InChI is InChI=1S/C45H64O18/c1-20-18-55-45(17-32(20)61-41-40(60-27(8)51)39(59-26(7)50)38(58-25(6)49)35(62-41)19-54-22(3)46)21(2)37-31(63-45)14-30-28-13-36(52)44(53)16-34(57-24(5)48)33(56-23(4)47)15-43(44,10)29(28)11-12-42(30,37)9/h20-21,28-35,37-41,53H,11-19H2,1-10H3/t20-,21-,28+,29-,30-,31-,32-,33+,34+,35+,37-,38+,39-,40+,41+,42-,43+,44+,45+/m0/s1. The third-order valence-corrected chi connectivity index (χ3v) is 15.9. The van der Waals surface area contributed by atoms with Crippen molar-refractivity contribution in [3.05, 3.63) is 0 Å². The van der Waals surface area contributed by atoms with E-state index in [1.165, 1.54) is 27.7 Å². The lowest BCUT2D eigenvalue weighted by molar-refractivity contribution is -0.346. The van der Waals surface area contributed by atoms with E-state index < -0.39 is 102 Å². The van der Waals surface area contributed by atoms with E-state index in [0.717, 1.165) is 20.3 Å². The van der Waals surface area contributed by atoms with Gasteiger partial charge in [0.2, 0.25) is 0 Å². The number of carbonyl (C=O) groups is 7. The van der Waals surface area contributed by atoms with Gasteiger partial charge >= 0.3 is 35.8 Å². The highest BCUT2D eigenvalue weighted by atomic mass is 16.7. The minimum absolute atomic E-state index is 0.0281. The fourth-order valence-electron chi connectivity index (χ4n) is 13.3. The van der Waals surface area contributed by atoms with Crippen molar-refractivity contribution in [2.24, 2.45) is 46.3 Å². The molecule has 0 radical (unpaired) electrons. The van der Waals surface area contributed by atoms with Crippen LogP contribution in [0.25, 0.3) is 0 Å². The predicted molar refractivity (Wildman–Crippen MR) is 212 cm³/mol. The number of hydrogen-bond acceptors (Lipinski definition) is 18. The van der Waals surface area contributed by atoms with Gasteiger partial charge in [-0.1, -0.05) is 27.7 Å². The Morgan fingerprint density at radius 2 is 1.32 bits per heavy atom. The van der Waals surface area contributed by atoms with E-state index in [9.17, 15) is 38.7 Å². The molecule has 7 fully saturated rings. The van der Waals surface area contributed by atoms with Crippen molar-refractivity contribution >= 4 is 41.6 Å². The van der Waals surface area contributed by atoms with Crippen LogP contribution in [-0.2, 0) is 80.9 Å². The second-order valence-corrected chi connectivity index (χ2v) is 19.8. The summed E-state index contributed by atoms with van der Waals surface area (Å²) in [7, 11) is 0. The van der Waals surface area contributed by atoms with Crippen molar-refractivity contribution < 1.29 is 86.0 Å². The molecule has 0 bridgehead atoms. The zero-order valence-corrected chi connectivity index (χ0v) is 37.9. The van der Waals surface area contributed by atoms with Gasteiger partial charge in [-0.15, -0.1) is 0 Å². The van der Waals surface area contributed by atoms with Gasteiger partial charge in [0, 0.05) is 78.1 Å². The van der Waals surface area contributed by atoms with Crippen molar-refractivity contribution in [2.75, 3.05) is 13.2 Å². The van der Waals surface area contributed by atoms with E-state index in [1.54, 1.807) is 0 Å². The van der Waals surface area contributed by atoms with E-state index in [-0.39, 0.29) is 91.7 Å². The molecule has 352 valence electrons. The van der Waals surface area contributed by atoms with Crippen molar-refractivity contribution in [2.45, 2.75) is 181 Å². The average molecular weight is 893 g/mol. The summed E-state index contributed by atoms with van der Waals surface area (Å²) < 4.78 is 60.1. The topological polar surface area (TPSA) is 232 Å². The van der Waals surface area contributed by atoms with E-state index in [2.05, 4.69) is 13.8 Å². The Labute approximate surface area is 367 Å². The summed E-state index contributed by atoms with van der Waals surface area (Å²) in [5.74, 6) is -5.78. The van der Waals surface area contributed by atoms with E-state index in [0.29, 0.717) is 12.8 Å². The van der Waals surface area contributed by atoms with Gasteiger partial charge in [0.25, 0.3) is 0 Å². The highest BCUT2D eigenvalue weighted by Crippen LogP contribution is 2.71. The Morgan fingerprint density at radius 1 is 0.730 bits per heavy atom. The van der Waals surface area contributed by atoms with E-state index >= 15 is 0 Å². The van der Waals surface area contributed by atoms with Gasteiger partial charge < -0.3 is 52.5 Å². The average Bonchev–Trinajstić information content (AvgIpc) is 3.61. The molecule has 4 aliphatic carbocycles. The first-order valence-corrected chi connectivity index (χ1v) is 22.3. The van der Waals surface area contributed by atoms with Gasteiger partial charge in [-0.25, -0.2) is 0 Å². The summed E-state index contributed by atoms with van der Waals surface area (Å²) in [5, 5.41) is 12.3. The van der Waals surface area contributed by atoms with Gasteiger partial charge in [0.1, 0.15) is 30.5 Å². The van der Waals surface area contributed by atoms with E-state index in [4.69, 9.17) is 47.4 Å². The maximum Gasteiger partial charge on any atom is 0.303 e. The van der Waals surface area contributed by atoms with Crippen molar-refractivity contribution in [1.82, 2.24) is 0 Å². The quantitative estimate of drug-likeness (QED) is 0.258. The van der Waals surface area contributed by atoms with Gasteiger partial charge in [-0.3, -0.25) is 33.6 Å². The molecule has 3 aliphatic heterocycles. The fourth-order valence-corrected chi connectivity index (χ4v) is 13.3. The molecule has 0 aromatic rings. The molecule has 18 nitrogen and oxygen atoms in total. The molecule has 63 heavy (non-hydrogen) atoms. The molecule has 18 heteroatoms. The zero-order chi connectivity index (χ0) is 46.1. The number of aliphatic hydroxyl groups is 1.